The van der Waals surface area contributed by atoms with Gasteiger partial charge in [0.25, 0.3) is 0 Å². The van der Waals surface area contributed by atoms with E-state index in [0.29, 0.717) is 34.0 Å². The van der Waals surface area contributed by atoms with Gasteiger partial charge in [0, 0.05) is 12.4 Å². The van der Waals surface area contributed by atoms with Crippen LogP contribution in [0.25, 0.3) is 0 Å². The summed E-state index contributed by atoms with van der Waals surface area (Å²) in [5.74, 6) is 1.30. The van der Waals surface area contributed by atoms with Crippen molar-refractivity contribution in [2.75, 3.05) is 14.2 Å². The predicted molar refractivity (Wildman–Crippen MR) is 132 cm³/mol. The number of rotatable bonds is 6. The molecule has 0 saturated heterocycles. The third kappa shape index (κ3) is 8.03. The van der Waals surface area contributed by atoms with E-state index < -0.39 is 0 Å². The molecule has 0 aliphatic carbocycles. The summed E-state index contributed by atoms with van der Waals surface area (Å²) in [7, 11) is 3.19. The predicted octanol–water partition coefficient (Wildman–Crippen LogP) is 5.04. The standard InChI is InChI=1S/2C14H13NO2.Co/c2*1-17-14-9-5-3-7-12(14)15-10-11-6-2-4-8-13(11)16;/h2*2-10,16H,1H3;/q;;+2/p-2. The van der Waals surface area contributed by atoms with Crippen molar-refractivity contribution in [1.82, 2.24) is 0 Å². The normalized spacial score (nSPS) is 10.3. The second-order valence-electron chi connectivity index (χ2n) is 6.94. The Morgan fingerprint density at radius 2 is 0.886 bits per heavy atom. The Labute approximate surface area is 215 Å². The summed E-state index contributed by atoms with van der Waals surface area (Å²) in [6.45, 7) is 0. The van der Waals surface area contributed by atoms with Crippen LogP contribution in [0.3, 0.4) is 0 Å². The SMILES string of the molecule is COc1ccccc1N=Cc1ccccc1[O-].COc1ccccc1N=Cc1ccccc1[O-].[Co+2]. The first-order chi connectivity index (χ1) is 16.6. The molecule has 35 heavy (non-hydrogen) atoms. The molecule has 0 unspecified atom stereocenters. The van der Waals surface area contributed by atoms with Crippen LogP contribution in [0.1, 0.15) is 11.1 Å². The smallest absolute Gasteiger partial charge is 0.872 e. The molecule has 0 amide bonds. The fraction of sp³-hybridized carbons (Fsp3) is 0.0714. The quantitative estimate of drug-likeness (QED) is 0.340. The fourth-order valence-corrected chi connectivity index (χ4v) is 2.93. The molecular weight excluding hydrogens is 487 g/mol. The van der Waals surface area contributed by atoms with E-state index in [-0.39, 0.29) is 28.3 Å². The third-order valence-corrected chi connectivity index (χ3v) is 4.69. The summed E-state index contributed by atoms with van der Waals surface area (Å²) in [5.41, 5.74) is 2.55. The van der Waals surface area contributed by atoms with Crippen molar-refractivity contribution in [3.8, 4) is 23.0 Å². The van der Waals surface area contributed by atoms with Crippen LogP contribution in [-0.4, -0.2) is 26.6 Å². The van der Waals surface area contributed by atoms with Crippen molar-refractivity contribution in [1.29, 1.82) is 0 Å². The second kappa shape index (κ2) is 14.2. The summed E-state index contributed by atoms with van der Waals surface area (Å²) in [6, 6.07) is 28.4. The van der Waals surface area contributed by atoms with Crippen LogP contribution in [0.5, 0.6) is 23.0 Å². The Kier molecular flexibility index (Phi) is 11.1. The Bertz CT molecular complexity index is 1180. The van der Waals surface area contributed by atoms with Gasteiger partial charge in [-0.15, -0.1) is 11.5 Å². The fourth-order valence-electron chi connectivity index (χ4n) is 2.93. The van der Waals surface area contributed by atoms with Gasteiger partial charge in [-0.05, 0) is 35.4 Å². The van der Waals surface area contributed by atoms with Gasteiger partial charge in [-0.2, -0.15) is 0 Å². The number of methoxy groups -OCH3 is 2. The topological polar surface area (TPSA) is 89.3 Å². The molecule has 0 aromatic heterocycles. The molecule has 0 fully saturated rings. The second-order valence-corrected chi connectivity index (χ2v) is 6.94. The first-order valence-corrected chi connectivity index (χ1v) is 10.5. The number of para-hydroxylation sites is 6. The molecule has 4 aromatic rings. The van der Waals surface area contributed by atoms with Crippen molar-refractivity contribution in [2.24, 2.45) is 9.98 Å². The molecule has 0 heterocycles. The van der Waals surface area contributed by atoms with Crippen molar-refractivity contribution < 1.29 is 36.5 Å². The molecule has 1 radical (unpaired) electrons. The van der Waals surface area contributed by atoms with Gasteiger partial charge in [-0.3, -0.25) is 9.98 Å². The summed E-state index contributed by atoms with van der Waals surface area (Å²) < 4.78 is 10.3. The molecular formula is C28H24CoN2O4. The van der Waals surface area contributed by atoms with Gasteiger partial charge in [0.15, 0.2) is 0 Å². The molecule has 0 N–H and O–H groups in total. The first kappa shape index (κ1) is 27.2. The Balaban J connectivity index is 0.000000240. The maximum absolute atomic E-state index is 11.5. The molecule has 0 aliphatic rings. The molecule has 4 rings (SSSR count). The largest absolute Gasteiger partial charge is 2.00 e. The maximum Gasteiger partial charge on any atom is 2.00 e. The Morgan fingerprint density at radius 3 is 1.26 bits per heavy atom. The zero-order valence-corrected chi connectivity index (χ0v) is 20.3. The molecule has 4 aromatic carbocycles. The van der Waals surface area contributed by atoms with Crippen molar-refractivity contribution in [2.45, 2.75) is 0 Å². The van der Waals surface area contributed by atoms with Gasteiger partial charge < -0.3 is 19.7 Å². The number of hydrogen-bond acceptors (Lipinski definition) is 6. The molecule has 7 heteroatoms. The summed E-state index contributed by atoms with van der Waals surface area (Å²) >= 11 is 0. The van der Waals surface area contributed by atoms with Gasteiger partial charge in [-0.25, -0.2) is 0 Å². The van der Waals surface area contributed by atoms with Gasteiger partial charge >= 0.3 is 16.8 Å². The average molecular weight is 511 g/mol. The first-order valence-electron chi connectivity index (χ1n) is 10.5. The Hall–Kier alpha value is -4.07. The molecule has 0 aliphatic heterocycles. The van der Waals surface area contributed by atoms with Crippen LogP contribution in [0.2, 0.25) is 0 Å². The molecule has 0 saturated carbocycles. The molecule has 0 bridgehead atoms. The Morgan fingerprint density at radius 1 is 0.543 bits per heavy atom. The van der Waals surface area contributed by atoms with Crippen molar-refractivity contribution >= 4 is 23.8 Å². The van der Waals surface area contributed by atoms with E-state index in [1.165, 1.54) is 12.1 Å². The number of aliphatic imine (C=N–C) groups is 2. The van der Waals surface area contributed by atoms with Crippen LogP contribution in [-0.2, 0) is 16.8 Å². The molecule has 179 valence electrons. The van der Waals surface area contributed by atoms with Gasteiger partial charge in [-0.1, -0.05) is 72.8 Å². The van der Waals surface area contributed by atoms with E-state index in [2.05, 4.69) is 9.98 Å². The third-order valence-electron chi connectivity index (χ3n) is 4.69. The van der Waals surface area contributed by atoms with Crippen LogP contribution < -0.4 is 19.7 Å². The van der Waals surface area contributed by atoms with E-state index in [9.17, 15) is 10.2 Å². The maximum atomic E-state index is 11.5. The molecule has 0 spiro atoms. The van der Waals surface area contributed by atoms with Crippen LogP contribution >= 0.6 is 0 Å². The van der Waals surface area contributed by atoms with Gasteiger partial charge in [0.05, 0.1) is 14.2 Å². The van der Waals surface area contributed by atoms with E-state index >= 15 is 0 Å². The minimum absolute atomic E-state index is 0. The zero-order chi connectivity index (χ0) is 24.2. The van der Waals surface area contributed by atoms with E-state index in [1.54, 1.807) is 50.9 Å². The summed E-state index contributed by atoms with van der Waals surface area (Å²) in [6.07, 6.45) is 3.11. The van der Waals surface area contributed by atoms with Gasteiger partial charge in [0.1, 0.15) is 22.9 Å². The van der Waals surface area contributed by atoms with E-state index in [1.807, 2.05) is 60.7 Å². The number of ether oxygens (including phenoxy) is 2. The molecule has 0 atom stereocenters. The average Bonchev–Trinajstić information content (AvgIpc) is 2.88. The number of benzene rings is 4. The number of hydrogen-bond donors (Lipinski definition) is 0. The van der Waals surface area contributed by atoms with Crippen LogP contribution in [0.4, 0.5) is 11.4 Å². The monoisotopic (exact) mass is 511 g/mol. The van der Waals surface area contributed by atoms with E-state index in [0.717, 1.165) is 0 Å². The van der Waals surface area contributed by atoms with Crippen molar-refractivity contribution in [3.05, 3.63) is 108 Å². The van der Waals surface area contributed by atoms with Crippen molar-refractivity contribution in [3.63, 3.8) is 0 Å². The minimum atomic E-state index is -0.0360. The number of nitrogens with zero attached hydrogens (tertiary/aromatic N) is 2. The summed E-state index contributed by atoms with van der Waals surface area (Å²) in [4.78, 5) is 8.52. The summed E-state index contributed by atoms with van der Waals surface area (Å²) in [5, 5.41) is 22.9. The van der Waals surface area contributed by atoms with Gasteiger partial charge in [0.2, 0.25) is 0 Å². The minimum Gasteiger partial charge on any atom is -0.872 e. The van der Waals surface area contributed by atoms with Crippen LogP contribution in [0, 0.1) is 0 Å². The van der Waals surface area contributed by atoms with Crippen LogP contribution in [0.15, 0.2) is 107 Å². The van der Waals surface area contributed by atoms with E-state index in [4.69, 9.17) is 9.47 Å². The molecule has 6 nitrogen and oxygen atoms in total. The zero-order valence-electron chi connectivity index (χ0n) is 19.3.